The van der Waals surface area contributed by atoms with Crippen LogP contribution in [-0.2, 0) is 11.3 Å². The van der Waals surface area contributed by atoms with Crippen molar-refractivity contribution in [2.24, 2.45) is 0 Å². The van der Waals surface area contributed by atoms with Gasteiger partial charge in [-0.25, -0.2) is 9.59 Å². The zero-order chi connectivity index (χ0) is 17.4. The molecule has 0 aliphatic carbocycles. The highest BCUT2D eigenvalue weighted by Gasteiger charge is 2.55. The number of carboxylic acids is 1. The Hall–Kier alpha value is -2.47. The van der Waals surface area contributed by atoms with Crippen molar-refractivity contribution in [3.05, 3.63) is 71.8 Å². The van der Waals surface area contributed by atoms with Gasteiger partial charge in [-0.1, -0.05) is 60.7 Å². The predicted octanol–water partition coefficient (Wildman–Crippen LogP) is 3.19. The van der Waals surface area contributed by atoms with Crippen LogP contribution in [-0.4, -0.2) is 44.7 Å². The van der Waals surface area contributed by atoms with Crippen LogP contribution >= 0.6 is 11.8 Å². The molecule has 2 heterocycles. The van der Waals surface area contributed by atoms with Crippen LogP contribution in [0.2, 0.25) is 0 Å². The van der Waals surface area contributed by atoms with Crippen LogP contribution in [0.5, 0.6) is 0 Å². The largest absolute Gasteiger partial charge is 0.480 e. The van der Waals surface area contributed by atoms with E-state index in [-0.39, 0.29) is 17.4 Å². The van der Waals surface area contributed by atoms with E-state index in [2.05, 4.69) is 0 Å². The second-order valence-electron chi connectivity index (χ2n) is 6.25. The van der Waals surface area contributed by atoms with Crippen molar-refractivity contribution in [3.8, 4) is 0 Å². The molecule has 2 aromatic carbocycles. The number of fused-ring (bicyclic) bond motifs is 1. The number of nitrogens with zero attached hydrogens (tertiary/aromatic N) is 2. The molecule has 2 aliphatic rings. The summed E-state index contributed by atoms with van der Waals surface area (Å²) in [6.45, 7) is 0.315. The number of hydrogen-bond donors (Lipinski definition) is 1. The number of carbonyl (C=O) groups excluding carboxylic acids is 1. The van der Waals surface area contributed by atoms with Gasteiger partial charge in [0.1, 0.15) is 5.37 Å². The summed E-state index contributed by atoms with van der Waals surface area (Å²) < 4.78 is 0. The average Bonchev–Trinajstić information content (AvgIpc) is 3.16. The zero-order valence-electron chi connectivity index (χ0n) is 13.5. The molecule has 0 aromatic heterocycles. The summed E-state index contributed by atoms with van der Waals surface area (Å²) in [5, 5.41) is 9.63. The highest BCUT2D eigenvalue weighted by Crippen LogP contribution is 2.47. The molecule has 128 valence electrons. The maximum absolute atomic E-state index is 13.1. The average molecular weight is 354 g/mol. The van der Waals surface area contributed by atoms with Crippen LogP contribution in [0, 0.1) is 0 Å². The summed E-state index contributed by atoms with van der Waals surface area (Å²) in [5.41, 5.74) is 1.97. The lowest BCUT2D eigenvalue weighted by Crippen LogP contribution is -2.43. The molecule has 2 saturated heterocycles. The Bertz CT molecular complexity index is 784. The molecule has 2 fully saturated rings. The van der Waals surface area contributed by atoms with Gasteiger partial charge >= 0.3 is 12.0 Å². The van der Waals surface area contributed by atoms with E-state index >= 15 is 0 Å². The summed E-state index contributed by atoms with van der Waals surface area (Å²) in [6.07, 6.45) is 0. The van der Waals surface area contributed by atoms with Crippen molar-refractivity contribution >= 4 is 23.8 Å². The van der Waals surface area contributed by atoms with Gasteiger partial charge in [-0.15, -0.1) is 11.8 Å². The summed E-state index contributed by atoms with van der Waals surface area (Å²) in [7, 11) is 0. The van der Waals surface area contributed by atoms with Gasteiger partial charge < -0.3 is 14.9 Å². The van der Waals surface area contributed by atoms with Crippen LogP contribution in [0.25, 0.3) is 0 Å². The Morgan fingerprint density at radius 3 is 2.36 bits per heavy atom. The normalized spacial score (nSPS) is 25.3. The highest BCUT2D eigenvalue weighted by atomic mass is 32.2. The Kier molecular flexibility index (Phi) is 4.13. The van der Waals surface area contributed by atoms with Crippen LogP contribution in [0.15, 0.2) is 60.7 Å². The van der Waals surface area contributed by atoms with Crippen LogP contribution in [0.1, 0.15) is 16.5 Å². The number of carboxylic acid groups (broad SMARTS) is 1. The minimum Gasteiger partial charge on any atom is -0.480 e. The van der Waals surface area contributed by atoms with Gasteiger partial charge in [-0.3, -0.25) is 0 Å². The first-order valence-corrected chi connectivity index (χ1v) is 9.24. The van der Waals surface area contributed by atoms with Crippen LogP contribution in [0.3, 0.4) is 0 Å². The number of hydrogen-bond acceptors (Lipinski definition) is 3. The monoisotopic (exact) mass is 354 g/mol. The molecular formula is C19H18N2O3S. The third-order valence-corrected chi connectivity index (χ3v) is 6.08. The number of thioether (sulfide) groups is 1. The predicted molar refractivity (Wildman–Crippen MR) is 96.1 cm³/mol. The summed E-state index contributed by atoms with van der Waals surface area (Å²) >= 11 is 1.64. The molecule has 6 heteroatoms. The SMILES string of the molecule is O=C(O)[C@H]1[C@@H]2CS[C@@H](c3ccccc3)N2C(=O)N1Cc1ccccc1. The van der Waals surface area contributed by atoms with E-state index in [1.807, 2.05) is 60.7 Å². The van der Waals surface area contributed by atoms with Gasteiger partial charge in [0.15, 0.2) is 6.04 Å². The molecule has 25 heavy (non-hydrogen) atoms. The number of benzene rings is 2. The summed E-state index contributed by atoms with van der Waals surface area (Å²) in [5.74, 6) is -0.306. The van der Waals surface area contributed by atoms with Crippen molar-refractivity contribution in [1.29, 1.82) is 0 Å². The maximum atomic E-state index is 13.1. The van der Waals surface area contributed by atoms with Crippen LogP contribution < -0.4 is 0 Å². The number of amides is 2. The van der Waals surface area contributed by atoms with Crippen molar-refractivity contribution in [3.63, 3.8) is 0 Å². The van der Waals surface area contributed by atoms with Gasteiger partial charge in [0.25, 0.3) is 0 Å². The number of urea groups is 1. The number of rotatable bonds is 4. The first-order chi connectivity index (χ1) is 12.2. The fourth-order valence-electron chi connectivity index (χ4n) is 3.60. The maximum Gasteiger partial charge on any atom is 0.328 e. The molecule has 3 atom stereocenters. The van der Waals surface area contributed by atoms with Crippen molar-refractivity contribution in [1.82, 2.24) is 9.80 Å². The fourth-order valence-corrected chi connectivity index (χ4v) is 5.08. The Morgan fingerprint density at radius 2 is 1.72 bits per heavy atom. The standard InChI is InChI=1S/C19H18N2O3S/c22-18(23)16-15-12-25-17(14-9-5-2-6-10-14)21(15)19(24)20(16)11-13-7-3-1-4-8-13/h1-10,15-17H,11-12H2,(H,22,23)/t15-,16+,17-/m0/s1. The van der Waals surface area contributed by atoms with E-state index in [0.717, 1.165) is 11.1 Å². The van der Waals surface area contributed by atoms with Crippen LogP contribution in [0.4, 0.5) is 4.79 Å². The number of carbonyl (C=O) groups is 2. The molecule has 0 unspecified atom stereocenters. The topological polar surface area (TPSA) is 60.9 Å². The van der Waals surface area contributed by atoms with Crippen molar-refractivity contribution in [2.75, 3.05) is 5.75 Å². The molecule has 0 saturated carbocycles. The van der Waals surface area contributed by atoms with Gasteiger partial charge in [0.2, 0.25) is 0 Å². The summed E-state index contributed by atoms with van der Waals surface area (Å²) in [6, 6.07) is 18.0. The fraction of sp³-hybridized carbons (Fsp3) is 0.263. The Balaban J connectivity index is 1.66. The molecule has 0 spiro atoms. The number of aliphatic carboxylic acids is 1. The van der Waals surface area contributed by atoms with Crippen molar-refractivity contribution < 1.29 is 14.7 Å². The van der Waals surface area contributed by atoms with Gasteiger partial charge in [-0.2, -0.15) is 0 Å². The second-order valence-corrected chi connectivity index (χ2v) is 7.36. The molecule has 2 aliphatic heterocycles. The lowest BCUT2D eigenvalue weighted by molar-refractivity contribution is -0.142. The quantitative estimate of drug-likeness (QED) is 0.916. The smallest absolute Gasteiger partial charge is 0.328 e. The first kappa shape index (κ1) is 16.0. The third kappa shape index (κ3) is 2.76. The third-order valence-electron chi connectivity index (χ3n) is 4.74. The Labute approximate surface area is 150 Å². The van der Waals surface area contributed by atoms with E-state index in [9.17, 15) is 14.7 Å². The van der Waals surface area contributed by atoms with Gasteiger partial charge in [0, 0.05) is 12.3 Å². The first-order valence-electron chi connectivity index (χ1n) is 8.19. The molecular weight excluding hydrogens is 336 g/mol. The minimum absolute atomic E-state index is 0.124. The second kappa shape index (κ2) is 6.44. The molecule has 5 nitrogen and oxygen atoms in total. The molecule has 2 aromatic rings. The minimum atomic E-state index is -0.939. The van der Waals surface area contributed by atoms with E-state index in [4.69, 9.17) is 0 Å². The van der Waals surface area contributed by atoms with Gasteiger partial charge in [0.05, 0.1) is 6.04 Å². The van der Waals surface area contributed by atoms with Crippen molar-refractivity contribution in [2.45, 2.75) is 24.0 Å². The molecule has 0 bridgehead atoms. The zero-order valence-corrected chi connectivity index (χ0v) is 14.3. The van der Waals surface area contributed by atoms with E-state index in [1.54, 1.807) is 16.7 Å². The molecule has 4 rings (SSSR count). The van der Waals surface area contributed by atoms with E-state index < -0.39 is 12.0 Å². The molecule has 1 N–H and O–H groups in total. The molecule has 0 radical (unpaired) electrons. The Morgan fingerprint density at radius 1 is 1.08 bits per heavy atom. The van der Waals surface area contributed by atoms with Gasteiger partial charge in [-0.05, 0) is 11.1 Å². The lowest BCUT2D eigenvalue weighted by Gasteiger charge is -2.24. The highest BCUT2D eigenvalue weighted by molar-refractivity contribution is 7.99. The van der Waals surface area contributed by atoms with E-state index in [1.165, 1.54) is 4.90 Å². The van der Waals surface area contributed by atoms with E-state index in [0.29, 0.717) is 12.3 Å². The summed E-state index contributed by atoms with van der Waals surface area (Å²) in [4.78, 5) is 28.2. The molecule has 2 amide bonds. The lowest BCUT2D eigenvalue weighted by atomic mass is 10.1.